The second kappa shape index (κ2) is 17.2. The first-order valence-electron chi connectivity index (χ1n) is 14.2. The van der Waals surface area contributed by atoms with Crippen LogP contribution in [0.2, 0.25) is 0 Å². The lowest BCUT2D eigenvalue weighted by Gasteiger charge is -2.25. The van der Waals surface area contributed by atoms with E-state index < -0.39 is 69.1 Å². The zero-order valence-electron chi connectivity index (χ0n) is 25.1. The SMILES string of the molecule is CC(C)C[C@H](NC(=O)[C@H](Cc1c[nH]cn1)NC(=O)[C@H](C)N)C(=O)N[C@@H](CCCCNc1ccc([N+](=O)[O-])cc1[N+](=O)[O-])C(=O)O. The van der Waals surface area contributed by atoms with Crippen molar-refractivity contribution in [2.45, 2.75) is 77.0 Å². The van der Waals surface area contributed by atoms with Gasteiger partial charge in [0, 0.05) is 25.2 Å². The minimum Gasteiger partial charge on any atom is -0.480 e. The second-order valence-electron chi connectivity index (χ2n) is 10.8. The summed E-state index contributed by atoms with van der Waals surface area (Å²) in [6.45, 7) is 5.29. The predicted octanol–water partition coefficient (Wildman–Crippen LogP) is 0.983. The predicted molar refractivity (Wildman–Crippen MR) is 161 cm³/mol. The van der Waals surface area contributed by atoms with Gasteiger partial charge in [0.25, 0.3) is 11.4 Å². The summed E-state index contributed by atoms with van der Waals surface area (Å²) in [5.41, 5.74) is 5.29. The van der Waals surface area contributed by atoms with Gasteiger partial charge in [-0.3, -0.25) is 34.6 Å². The number of unbranched alkanes of at least 4 members (excludes halogenated alkanes) is 1. The number of nitro benzene ring substituents is 2. The van der Waals surface area contributed by atoms with E-state index in [-0.39, 0.29) is 37.4 Å². The summed E-state index contributed by atoms with van der Waals surface area (Å²) in [5, 5.41) is 42.4. The molecule has 45 heavy (non-hydrogen) atoms. The van der Waals surface area contributed by atoms with Crippen LogP contribution in [0.15, 0.2) is 30.7 Å². The third-order valence-corrected chi connectivity index (χ3v) is 6.59. The van der Waals surface area contributed by atoms with Gasteiger partial charge >= 0.3 is 5.97 Å². The van der Waals surface area contributed by atoms with Crippen molar-refractivity contribution in [3.05, 3.63) is 56.6 Å². The molecule has 0 aliphatic heterocycles. The molecular formula is C27H39N9O9. The molecule has 0 bridgehead atoms. The molecule has 0 aliphatic rings. The zero-order chi connectivity index (χ0) is 33.7. The van der Waals surface area contributed by atoms with Gasteiger partial charge in [-0.2, -0.15) is 0 Å². The monoisotopic (exact) mass is 633 g/mol. The molecule has 4 atom stereocenters. The van der Waals surface area contributed by atoms with E-state index in [0.717, 1.165) is 12.1 Å². The van der Waals surface area contributed by atoms with Crippen LogP contribution in [0.25, 0.3) is 0 Å². The fourth-order valence-electron chi connectivity index (χ4n) is 4.26. The number of nitro groups is 2. The van der Waals surface area contributed by atoms with E-state index in [1.165, 1.54) is 19.3 Å². The molecule has 1 heterocycles. The number of imidazole rings is 1. The number of benzene rings is 1. The first kappa shape index (κ1) is 36.1. The molecule has 0 saturated heterocycles. The van der Waals surface area contributed by atoms with Crippen molar-refractivity contribution >= 4 is 40.8 Å². The van der Waals surface area contributed by atoms with Crippen LogP contribution < -0.4 is 27.0 Å². The first-order chi connectivity index (χ1) is 21.2. The van der Waals surface area contributed by atoms with Crippen LogP contribution in [-0.4, -0.2) is 79.3 Å². The Hall–Kier alpha value is -5.13. The van der Waals surface area contributed by atoms with Gasteiger partial charge in [-0.15, -0.1) is 0 Å². The average Bonchev–Trinajstić information content (AvgIpc) is 3.48. The molecule has 18 heteroatoms. The number of nitrogens with one attached hydrogen (secondary N) is 5. The minimum absolute atomic E-state index is 0.0125. The van der Waals surface area contributed by atoms with Crippen molar-refractivity contribution < 1.29 is 34.1 Å². The van der Waals surface area contributed by atoms with Crippen molar-refractivity contribution in [2.75, 3.05) is 11.9 Å². The number of anilines is 1. The topological polar surface area (TPSA) is 278 Å². The number of non-ortho nitro benzene ring substituents is 1. The number of hydrogen-bond donors (Lipinski definition) is 7. The molecule has 2 rings (SSSR count). The number of rotatable bonds is 19. The molecule has 246 valence electrons. The van der Waals surface area contributed by atoms with E-state index in [4.69, 9.17) is 5.73 Å². The lowest BCUT2D eigenvalue weighted by Crippen LogP contribution is -2.57. The molecule has 0 spiro atoms. The summed E-state index contributed by atoms with van der Waals surface area (Å²) in [6.07, 6.45) is 3.82. The number of aromatic nitrogens is 2. The number of amides is 3. The molecule has 18 nitrogen and oxygen atoms in total. The molecule has 2 aromatic rings. The molecular weight excluding hydrogens is 594 g/mol. The molecule has 8 N–H and O–H groups in total. The lowest BCUT2D eigenvalue weighted by atomic mass is 10.0. The highest BCUT2D eigenvalue weighted by molar-refractivity contribution is 5.94. The van der Waals surface area contributed by atoms with Crippen molar-refractivity contribution in [1.29, 1.82) is 0 Å². The number of nitrogens with zero attached hydrogens (tertiary/aromatic N) is 3. The van der Waals surface area contributed by atoms with Crippen LogP contribution in [0.1, 0.15) is 52.1 Å². The van der Waals surface area contributed by atoms with E-state index in [2.05, 4.69) is 31.2 Å². The number of carbonyl (C=O) groups excluding carboxylic acids is 3. The van der Waals surface area contributed by atoms with Crippen molar-refractivity contribution in [3.63, 3.8) is 0 Å². The van der Waals surface area contributed by atoms with Gasteiger partial charge < -0.3 is 37.1 Å². The fraction of sp³-hybridized carbons (Fsp3) is 0.519. The van der Waals surface area contributed by atoms with Crippen LogP contribution in [0.5, 0.6) is 0 Å². The largest absolute Gasteiger partial charge is 0.480 e. The van der Waals surface area contributed by atoms with Gasteiger partial charge in [-0.1, -0.05) is 13.8 Å². The van der Waals surface area contributed by atoms with Crippen molar-refractivity contribution in [3.8, 4) is 0 Å². The number of aromatic amines is 1. The first-order valence-corrected chi connectivity index (χ1v) is 14.2. The smallest absolute Gasteiger partial charge is 0.326 e. The second-order valence-corrected chi connectivity index (χ2v) is 10.8. The molecule has 0 unspecified atom stereocenters. The number of carboxylic acid groups (broad SMARTS) is 1. The molecule has 0 radical (unpaired) electrons. The maximum atomic E-state index is 13.2. The quantitative estimate of drug-likeness (QED) is 0.0648. The Bertz CT molecular complexity index is 1350. The Morgan fingerprint density at radius 1 is 0.956 bits per heavy atom. The summed E-state index contributed by atoms with van der Waals surface area (Å²) in [7, 11) is 0. The van der Waals surface area contributed by atoms with Crippen LogP contribution in [0, 0.1) is 26.1 Å². The fourth-order valence-corrected chi connectivity index (χ4v) is 4.26. The normalized spacial score (nSPS) is 13.6. The molecule has 0 aliphatic carbocycles. The summed E-state index contributed by atoms with van der Waals surface area (Å²) in [4.78, 5) is 78.2. The van der Waals surface area contributed by atoms with E-state index in [1.807, 2.05) is 13.8 Å². The average molecular weight is 634 g/mol. The van der Waals surface area contributed by atoms with Gasteiger partial charge in [0.15, 0.2) is 0 Å². The number of H-pyrrole nitrogens is 1. The summed E-state index contributed by atoms with van der Waals surface area (Å²) >= 11 is 0. The summed E-state index contributed by atoms with van der Waals surface area (Å²) < 4.78 is 0. The number of carboxylic acids is 1. The Labute approximate surface area is 258 Å². The van der Waals surface area contributed by atoms with Crippen LogP contribution in [0.4, 0.5) is 17.1 Å². The van der Waals surface area contributed by atoms with E-state index in [9.17, 15) is 44.5 Å². The van der Waals surface area contributed by atoms with Crippen LogP contribution in [-0.2, 0) is 25.6 Å². The maximum absolute atomic E-state index is 13.2. The molecule has 3 amide bonds. The summed E-state index contributed by atoms with van der Waals surface area (Å²) in [5.74, 6) is -3.34. The van der Waals surface area contributed by atoms with Gasteiger partial charge in [0.2, 0.25) is 17.7 Å². The van der Waals surface area contributed by atoms with Crippen molar-refractivity contribution in [1.82, 2.24) is 25.9 Å². The van der Waals surface area contributed by atoms with E-state index >= 15 is 0 Å². The van der Waals surface area contributed by atoms with Crippen LogP contribution >= 0.6 is 0 Å². The van der Waals surface area contributed by atoms with Gasteiger partial charge in [0.05, 0.1) is 34.0 Å². The maximum Gasteiger partial charge on any atom is 0.326 e. The van der Waals surface area contributed by atoms with Crippen molar-refractivity contribution in [2.24, 2.45) is 11.7 Å². The molecule has 1 aromatic carbocycles. The number of nitrogens with two attached hydrogens (primary N) is 1. The number of hydrogen-bond acceptors (Lipinski definition) is 11. The molecule has 1 aromatic heterocycles. The lowest BCUT2D eigenvalue weighted by molar-refractivity contribution is -0.393. The number of carbonyl (C=O) groups is 4. The highest BCUT2D eigenvalue weighted by atomic mass is 16.6. The Morgan fingerprint density at radius 3 is 2.16 bits per heavy atom. The minimum atomic E-state index is -1.30. The molecule has 0 saturated carbocycles. The van der Waals surface area contributed by atoms with Gasteiger partial charge in [-0.25, -0.2) is 9.78 Å². The van der Waals surface area contributed by atoms with E-state index in [1.54, 1.807) is 6.20 Å². The number of aliphatic carboxylic acids is 1. The highest BCUT2D eigenvalue weighted by Crippen LogP contribution is 2.29. The van der Waals surface area contributed by atoms with Gasteiger partial charge in [-0.05, 0) is 44.6 Å². The molecule has 0 fully saturated rings. The zero-order valence-corrected chi connectivity index (χ0v) is 25.1. The van der Waals surface area contributed by atoms with E-state index in [0.29, 0.717) is 18.5 Å². The van der Waals surface area contributed by atoms with Gasteiger partial charge in [0.1, 0.15) is 23.8 Å². The third kappa shape index (κ3) is 11.8. The standard InChI is InChI=1S/C27H39N9O9/c1-15(2)10-21(34-26(39)22(33-24(37)16(3)28)11-17-13-29-14-31-17)25(38)32-20(27(40)41)6-4-5-9-30-19-8-7-18(35(42)43)12-23(19)36(44)45/h7-8,12-16,20-22,30H,4-6,9-11,28H2,1-3H3,(H,29,31)(H,32,38)(H,33,37)(H,34,39)(H,40,41)/t16-,20-,21-,22-/m0/s1. The van der Waals surface area contributed by atoms with Crippen LogP contribution in [0.3, 0.4) is 0 Å². The summed E-state index contributed by atoms with van der Waals surface area (Å²) in [6, 6.07) is -1.22. The Morgan fingerprint density at radius 2 is 1.60 bits per heavy atom. The third-order valence-electron chi connectivity index (χ3n) is 6.59. The Kier molecular flexibility index (Phi) is 13.8. The Balaban J connectivity index is 2.02. The highest BCUT2D eigenvalue weighted by Gasteiger charge is 2.31.